The van der Waals surface area contributed by atoms with Crippen molar-refractivity contribution in [3.05, 3.63) is 46.3 Å². The van der Waals surface area contributed by atoms with Gasteiger partial charge in [0.25, 0.3) is 5.91 Å². The van der Waals surface area contributed by atoms with Crippen molar-refractivity contribution in [3.8, 4) is 5.75 Å². The van der Waals surface area contributed by atoms with Gasteiger partial charge in [0, 0.05) is 4.88 Å². The summed E-state index contributed by atoms with van der Waals surface area (Å²) in [5, 5.41) is 12.3. The third-order valence-electron chi connectivity index (χ3n) is 3.48. The van der Waals surface area contributed by atoms with Crippen LogP contribution in [0.1, 0.15) is 52.3 Å². The van der Waals surface area contributed by atoms with E-state index in [0.717, 1.165) is 4.88 Å². The summed E-state index contributed by atoms with van der Waals surface area (Å²) in [7, 11) is 0. The molecule has 8 heteroatoms. The number of hydrogen-bond donors (Lipinski definition) is 2. The number of phenolic OH excluding ortho intramolecular Hbond substituents is 1. The van der Waals surface area contributed by atoms with Gasteiger partial charge in [-0.1, -0.05) is 19.9 Å². The number of phenols is 1. The lowest BCUT2D eigenvalue weighted by atomic mass is 10.1. The molecule has 144 valence electrons. The molecular weight excluding hydrogens is 370 g/mol. The van der Waals surface area contributed by atoms with E-state index >= 15 is 0 Å². The van der Waals surface area contributed by atoms with E-state index in [4.69, 9.17) is 9.47 Å². The molecule has 0 bridgehead atoms. The minimum absolute atomic E-state index is 0.0761. The molecule has 0 saturated heterocycles. The molecule has 0 spiro atoms. The number of carbonyl (C=O) groups is 3. The van der Waals surface area contributed by atoms with Crippen molar-refractivity contribution in [2.45, 2.75) is 26.7 Å². The number of anilines is 1. The lowest BCUT2D eigenvalue weighted by molar-refractivity contribution is -0.119. The molecule has 2 N–H and O–H groups in total. The highest BCUT2D eigenvalue weighted by Gasteiger charge is 2.21. The predicted molar refractivity (Wildman–Crippen MR) is 101 cm³/mol. The molecule has 1 aromatic heterocycles. The van der Waals surface area contributed by atoms with Crippen LogP contribution in [-0.2, 0) is 14.3 Å². The van der Waals surface area contributed by atoms with Crippen LogP contribution in [0.5, 0.6) is 5.75 Å². The first-order chi connectivity index (χ1) is 12.8. The molecule has 0 aliphatic carbocycles. The zero-order valence-corrected chi connectivity index (χ0v) is 16.1. The number of esters is 2. The first-order valence-electron chi connectivity index (χ1n) is 8.38. The molecule has 1 heterocycles. The Morgan fingerprint density at radius 2 is 1.89 bits per heavy atom. The van der Waals surface area contributed by atoms with Gasteiger partial charge < -0.3 is 19.9 Å². The maximum Gasteiger partial charge on any atom is 0.341 e. The van der Waals surface area contributed by atoms with Crippen molar-refractivity contribution in [2.75, 3.05) is 18.5 Å². The summed E-state index contributed by atoms with van der Waals surface area (Å²) in [6, 6.07) is 7.32. The van der Waals surface area contributed by atoms with Gasteiger partial charge in [-0.05, 0) is 37.1 Å². The lowest BCUT2D eigenvalue weighted by Gasteiger charge is -2.07. The van der Waals surface area contributed by atoms with Crippen LogP contribution in [0.3, 0.4) is 0 Å². The highest BCUT2D eigenvalue weighted by molar-refractivity contribution is 7.16. The molecule has 0 saturated carbocycles. The van der Waals surface area contributed by atoms with E-state index in [2.05, 4.69) is 5.32 Å². The van der Waals surface area contributed by atoms with E-state index < -0.39 is 24.5 Å². The molecule has 1 aromatic carbocycles. The lowest BCUT2D eigenvalue weighted by Crippen LogP contribution is -2.21. The second-order valence-electron chi connectivity index (χ2n) is 5.94. The van der Waals surface area contributed by atoms with Crippen molar-refractivity contribution in [3.63, 3.8) is 0 Å². The van der Waals surface area contributed by atoms with Crippen LogP contribution in [0.2, 0.25) is 0 Å². The van der Waals surface area contributed by atoms with Gasteiger partial charge in [-0.15, -0.1) is 11.3 Å². The van der Waals surface area contributed by atoms with E-state index in [-0.39, 0.29) is 29.4 Å². The fourth-order valence-corrected chi connectivity index (χ4v) is 3.22. The molecule has 0 fully saturated rings. The topological polar surface area (TPSA) is 102 Å². The normalized spacial score (nSPS) is 10.5. The summed E-state index contributed by atoms with van der Waals surface area (Å²) >= 11 is 1.28. The predicted octanol–water partition coefficient (Wildman–Crippen LogP) is 3.55. The van der Waals surface area contributed by atoms with Gasteiger partial charge in [-0.3, -0.25) is 4.79 Å². The second-order valence-corrected chi connectivity index (χ2v) is 7.03. The summed E-state index contributed by atoms with van der Waals surface area (Å²) in [5.41, 5.74) is 0.409. The minimum Gasteiger partial charge on any atom is -0.508 e. The number of carbonyl (C=O) groups excluding carboxylic acids is 3. The van der Waals surface area contributed by atoms with Gasteiger partial charge in [0.1, 0.15) is 10.8 Å². The second kappa shape index (κ2) is 9.18. The number of nitrogens with one attached hydrogen (secondary N) is 1. The Hall–Kier alpha value is -2.87. The number of amides is 1. The average Bonchev–Trinajstić information content (AvgIpc) is 3.04. The quantitative estimate of drug-likeness (QED) is 0.700. The van der Waals surface area contributed by atoms with E-state index in [1.807, 2.05) is 13.8 Å². The van der Waals surface area contributed by atoms with Crippen LogP contribution >= 0.6 is 11.3 Å². The van der Waals surface area contributed by atoms with Crippen LogP contribution in [-0.4, -0.2) is 36.2 Å². The number of thiophene rings is 1. The SMILES string of the molecule is CCOC(=O)c1cc(C(C)C)sc1NC(=O)COC(=O)c1cccc(O)c1. The smallest absolute Gasteiger partial charge is 0.341 e. The van der Waals surface area contributed by atoms with Crippen molar-refractivity contribution in [2.24, 2.45) is 0 Å². The summed E-state index contributed by atoms with van der Waals surface area (Å²) in [6.07, 6.45) is 0. The van der Waals surface area contributed by atoms with Crippen molar-refractivity contribution in [1.82, 2.24) is 0 Å². The van der Waals surface area contributed by atoms with Crippen LogP contribution in [0.25, 0.3) is 0 Å². The van der Waals surface area contributed by atoms with Crippen LogP contribution in [0, 0.1) is 0 Å². The molecule has 7 nitrogen and oxygen atoms in total. The molecule has 0 aliphatic heterocycles. The molecule has 0 aliphatic rings. The zero-order chi connectivity index (χ0) is 20.0. The summed E-state index contributed by atoms with van der Waals surface area (Å²) in [5.74, 6) is -1.73. The molecule has 0 atom stereocenters. The molecule has 0 unspecified atom stereocenters. The van der Waals surface area contributed by atoms with Crippen LogP contribution < -0.4 is 5.32 Å². The van der Waals surface area contributed by atoms with Crippen molar-refractivity contribution in [1.29, 1.82) is 0 Å². The summed E-state index contributed by atoms with van der Waals surface area (Å²) in [4.78, 5) is 37.1. The molecule has 0 radical (unpaired) electrons. The Balaban J connectivity index is 2.04. The van der Waals surface area contributed by atoms with Gasteiger partial charge in [-0.2, -0.15) is 0 Å². The van der Waals surface area contributed by atoms with Crippen molar-refractivity contribution >= 4 is 34.2 Å². The standard InChI is InChI=1S/C19H21NO6S/c1-4-25-19(24)14-9-15(11(2)3)27-17(14)20-16(22)10-26-18(23)12-6-5-7-13(21)8-12/h5-9,11,21H,4,10H2,1-3H3,(H,20,22). The van der Waals surface area contributed by atoms with Crippen molar-refractivity contribution < 1.29 is 29.0 Å². The molecule has 2 aromatic rings. The Morgan fingerprint density at radius 3 is 2.52 bits per heavy atom. The first-order valence-corrected chi connectivity index (χ1v) is 9.20. The Labute approximate surface area is 160 Å². The van der Waals surface area contributed by atoms with E-state index in [1.54, 1.807) is 13.0 Å². The fraction of sp³-hybridized carbons (Fsp3) is 0.316. The average molecular weight is 391 g/mol. The molecular formula is C19H21NO6S. The Morgan fingerprint density at radius 1 is 1.15 bits per heavy atom. The van der Waals surface area contributed by atoms with E-state index in [9.17, 15) is 19.5 Å². The van der Waals surface area contributed by atoms with Gasteiger partial charge in [0.2, 0.25) is 0 Å². The van der Waals surface area contributed by atoms with Gasteiger partial charge >= 0.3 is 11.9 Å². The number of benzene rings is 1. The third kappa shape index (κ3) is 5.55. The largest absolute Gasteiger partial charge is 0.508 e. The van der Waals surface area contributed by atoms with E-state index in [0.29, 0.717) is 5.00 Å². The third-order valence-corrected chi connectivity index (χ3v) is 4.84. The molecule has 1 amide bonds. The number of rotatable bonds is 7. The minimum atomic E-state index is -0.735. The van der Waals surface area contributed by atoms with Gasteiger partial charge in [0.15, 0.2) is 6.61 Å². The van der Waals surface area contributed by atoms with Gasteiger partial charge in [0.05, 0.1) is 17.7 Å². The number of hydrogen-bond acceptors (Lipinski definition) is 7. The Bertz CT molecular complexity index is 842. The van der Waals surface area contributed by atoms with Crippen LogP contribution in [0.4, 0.5) is 5.00 Å². The zero-order valence-electron chi connectivity index (χ0n) is 15.3. The number of aromatic hydroxyl groups is 1. The van der Waals surface area contributed by atoms with E-state index in [1.165, 1.54) is 35.6 Å². The summed E-state index contributed by atoms with van der Waals surface area (Å²) < 4.78 is 9.96. The maximum atomic E-state index is 12.1. The molecule has 2 rings (SSSR count). The fourth-order valence-electron chi connectivity index (χ4n) is 2.16. The maximum absolute atomic E-state index is 12.1. The van der Waals surface area contributed by atoms with Crippen LogP contribution in [0.15, 0.2) is 30.3 Å². The first kappa shape index (κ1) is 20.4. The number of ether oxygens (including phenoxy) is 2. The summed E-state index contributed by atoms with van der Waals surface area (Å²) in [6.45, 7) is 5.35. The highest BCUT2D eigenvalue weighted by Crippen LogP contribution is 2.33. The van der Waals surface area contributed by atoms with Gasteiger partial charge in [-0.25, -0.2) is 9.59 Å². The molecule has 27 heavy (non-hydrogen) atoms. The monoisotopic (exact) mass is 391 g/mol. The Kier molecular flexibility index (Phi) is 6.95. The highest BCUT2D eigenvalue weighted by atomic mass is 32.1.